The zero-order valence-electron chi connectivity index (χ0n) is 21.0. The van der Waals surface area contributed by atoms with Crippen LogP contribution in [0, 0.1) is 19.8 Å². The van der Waals surface area contributed by atoms with Gasteiger partial charge in [0, 0.05) is 18.5 Å². The molecule has 3 N–H and O–H groups in total. The van der Waals surface area contributed by atoms with Crippen LogP contribution in [0.3, 0.4) is 0 Å². The highest BCUT2D eigenvalue weighted by Crippen LogP contribution is 2.43. The van der Waals surface area contributed by atoms with Gasteiger partial charge in [0.1, 0.15) is 5.75 Å². The molecular formula is C27H34N4O4. The van der Waals surface area contributed by atoms with Gasteiger partial charge in [0.15, 0.2) is 5.69 Å². The summed E-state index contributed by atoms with van der Waals surface area (Å²) in [7, 11) is 5.55. The smallest absolute Gasteiger partial charge is 0.280 e. The second kappa shape index (κ2) is 9.79. The number of hydrogen-bond donors (Lipinski definition) is 3. The van der Waals surface area contributed by atoms with Crippen molar-refractivity contribution in [2.75, 3.05) is 27.7 Å². The second-order valence-electron chi connectivity index (χ2n) is 9.93. The zero-order valence-corrected chi connectivity index (χ0v) is 21.0. The number of ether oxygens (including phenoxy) is 1. The fourth-order valence-electron chi connectivity index (χ4n) is 5.08. The maximum Gasteiger partial charge on any atom is 0.280 e. The molecule has 186 valence electrons. The fourth-order valence-corrected chi connectivity index (χ4v) is 5.08. The van der Waals surface area contributed by atoms with Gasteiger partial charge in [-0.05, 0) is 88.2 Å². The first kappa shape index (κ1) is 24.9. The van der Waals surface area contributed by atoms with E-state index in [1.54, 1.807) is 7.11 Å². The Morgan fingerprint density at radius 3 is 2.71 bits per heavy atom. The lowest BCUT2D eigenvalue weighted by atomic mass is 9.69. The van der Waals surface area contributed by atoms with Crippen molar-refractivity contribution < 1.29 is 14.6 Å². The van der Waals surface area contributed by atoms with Crippen LogP contribution < -0.4 is 15.6 Å². The number of aromatic nitrogens is 2. The molecule has 3 unspecified atom stereocenters. The van der Waals surface area contributed by atoms with E-state index in [-0.39, 0.29) is 17.7 Å². The fraction of sp³-hybridized carbons (Fsp3) is 0.444. The molecule has 3 atom stereocenters. The third kappa shape index (κ3) is 5.09. The average molecular weight is 479 g/mol. The van der Waals surface area contributed by atoms with E-state index in [2.05, 4.69) is 15.3 Å². The van der Waals surface area contributed by atoms with E-state index >= 15 is 0 Å². The molecule has 1 aliphatic rings. The van der Waals surface area contributed by atoms with Crippen molar-refractivity contribution in [2.24, 2.45) is 5.92 Å². The predicted molar refractivity (Wildman–Crippen MR) is 136 cm³/mol. The molecule has 1 aliphatic carbocycles. The van der Waals surface area contributed by atoms with E-state index < -0.39 is 17.1 Å². The minimum Gasteiger partial charge on any atom is -0.497 e. The molecule has 0 aliphatic heterocycles. The molecule has 3 aromatic rings. The number of H-pyrrole nitrogens is 1. The number of rotatable bonds is 6. The Hall–Kier alpha value is -3.23. The highest BCUT2D eigenvalue weighted by Gasteiger charge is 2.44. The van der Waals surface area contributed by atoms with Gasteiger partial charge in [-0.1, -0.05) is 12.1 Å². The number of aliphatic hydroxyl groups is 1. The van der Waals surface area contributed by atoms with Crippen molar-refractivity contribution in [3.8, 4) is 5.75 Å². The summed E-state index contributed by atoms with van der Waals surface area (Å²) in [5, 5.41) is 14.8. The Morgan fingerprint density at radius 1 is 1.26 bits per heavy atom. The molecule has 1 heterocycles. The van der Waals surface area contributed by atoms with Gasteiger partial charge in [0.25, 0.3) is 11.5 Å². The van der Waals surface area contributed by atoms with Crippen LogP contribution in [-0.4, -0.2) is 59.7 Å². The van der Waals surface area contributed by atoms with Gasteiger partial charge in [-0.15, -0.1) is 0 Å². The Balaban J connectivity index is 1.57. The third-order valence-electron chi connectivity index (χ3n) is 7.13. The molecule has 8 heteroatoms. The maximum absolute atomic E-state index is 13.1. The summed E-state index contributed by atoms with van der Waals surface area (Å²) in [6.07, 6.45) is 1.62. The molecule has 1 fully saturated rings. The highest BCUT2D eigenvalue weighted by atomic mass is 16.5. The number of benzene rings is 2. The van der Waals surface area contributed by atoms with Crippen LogP contribution in [-0.2, 0) is 5.60 Å². The van der Waals surface area contributed by atoms with Crippen LogP contribution in [0.15, 0.2) is 41.2 Å². The van der Waals surface area contributed by atoms with Gasteiger partial charge in [-0.2, -0.15) is 0 Å². The summed E-state index contributed by atoms with van der Waals surface area (Å²) in [5.74, 6) is 0.0749. The van der Waals surface area contributed by atoms with Crippen molar-refractivity contribution in [3.05, 3.63) is 69.1 Å². The first-order valence-corrected chi connectivity index (χ1v) is 11.9. The number of fused-ring (bicyclic) bond motifs is 1. The van der Waals surface area contributed by atoms with Gasteiger partial charge in [0.05, 0.1) is 23.7 Å². The number of amides is 1. The summed E-state index contributed by atoms with van der Waals surface area (Å²) in [6, 6.07) is 11.1. The number of methoxy groups -OCH3 is 1. The van der Waals surface area contributed by atoms with Crippen molar-refractivity contribution in [1.29, 1.82) is 0 Å². The molecule has 2 aromatic carbocycles. The van der Waals surface area contributed by atoms with Crippen LogP contribution in [0.2, 0.25) is 0 Å². The SMILES string of the molecule is COc1cccc(C2(O)CCC(NC(=O)c3nc4cc(C)c(C)cc4[nH]c3=O)CC2CN(C)C)c1. The van der Waals surface area contributed by atoms with Crippen LogP contribution >= 0.6 is 0 Å². The minimum atomic E-state index is -1.05. The minimum absolute atomic E-state index is 0.128. The van der Waals surface area contributed by atoms with E-state index in [9.17, 15) is 14.7 Å². The van der Waals surface area contributed by atoms with Gasteiger partial charge < -0.3 is 25.0 Å². The number of hydrogen-bond acceptors (Lipinski definition) is 6. The topological polar surface area (TPSA) is 108 Å². The Morgan fingerprint density at radius 2 is 2.00 bits per heavy atom. The summed E-state index contributed by atoms with van der Waals surface area (Å²) in [4.78, 5) is 34.9. The van der Waals surface area contributed by atoms with Gasteiger partial charge in [-0.3, -0.25) is 9.59 Å². The van der Waals surface area contributed by atoms with Crippen molar-refractivity contribution in [1.82, 2.24) is 20.2 Å². The Labute approximate surface area is 205 Å². The normalized spacial score (nSPS) is 22.4. The molecule has 0 spiro atoms. The van der Waals surface area contributed by atoms with Crippen LogP contribution in [0.4, 0.5) is 0 Å². The predicted octanol–water partition coefficient (Wildman–Crippen LogP) is 2.90. The number of aryl methyl sites for hydroxylation is 2. The molecular weight excluding hydrogens is 444 g/mol. The average Bonchev–Trinajstić information content (AvgIpc) is 2.81. The van der Waals surface area contributed by atoms with Crippen LogP contribution in [0.1, 0.15) is 46.4 Å². The van der Waals surface area contributed by atoms with Crippen LogP contribution in [0.25, 0.3) is 11.0 Å². The van der Waals surface area contributed by atoms with E-state index in [1.807, 2.05) is 69.2 Å². The zero-order chi connectivity index (χ0) is 25.3. The van der Waals surface area contributed by atoms with E-state index in [1.165, 1.54) is 0 Å². The molecule has 0 bridgehead atoms. The molecule has 0 saturated heterocycles. The molecule has 1 amide bonds. The van der Waals surface area contributed by atoms with E-state index in [0.29, 0.717) is 42.6 Å². The summed E-state index contributed by atoms with van der Waals surface area (Å²) in [6.45, 7) is 4.58. The lowest BCUT2D eigenvalue weighted by Crippen LogP contribution is -2.51. The number of carbonyl (C=O) groups is 1. The van der Waals surface area contributed by atoms with Crippen molar-refractivity contribution in [2.45, 2.75) is 44.8 Å². The largest absolute Gasteiger partial charge is 0.497 e. The quantitative estimate of drug-likeness (QED) is 0.503. The molecule has 1 saturated carbocycles. The van der Waals surface area contributed by atoms with E-state index in [4.69, 9.17) is 4.74 Å². The Kier molecular flexibility index (Phi) is 6.96. The highest BCUT2D eigenvalue weighted by molar-refractivity contribution is 5.94. The summed E-state index contributed by atoms with van der Waals surface area (Å²) in [5.41, 5.74) is 2.40. The summed E-state index contributed by atoms with van der Waals surface area (Å²) >= 11 is 0. The van der Waals surface area contributed by atoms with Crippen molar-refractivity contribution in [3.63, 3.8) is 0 Å². The number of nitrogens with one attached hydrogen (secondary N) is 2. The third-order valence-corrected chi connectivity index (χ3v) is 7.13. The standard InChI is InChI=1S/C27H34N4O4/c1-16-11-22-23(12-17(16)2)30-26(33)24(29-22)25(32)28-20-9-10-27(34,19(13-20)15-31(3)4)18-7-6-8-21(14-18)35-5/h6-8,11-12,14,19-20,34H,9-10,13,15H2,1-5H3,(H,28,32)(H,30,33). The maximum atomic E-state index is 13.1. The number of aromatic amines is 1. The van der Waals surface area contributed by atoms with E-state index in [0.717, 1.165) is 16.7 Å². The second-order valence-corrected chi connectivity index (χ2v) is 9.93. The number of carbonyl (C=O) groups excluding carboxylic acids is 1. The first-order chi connectivity index (χ1) is 16.6. The van der Waals surface area contributed by atoms with Gasteiger partial charge in [0.2, 0.25) is 0 Å². The molecule has 4 rings (SSSR count). The monoisotopic (exact) mass is 478 g/mol. The molecule has 8 nitrogen and oxygen atoms in total. The van der Waals surface area contributed by atoms with Crippen LogP contribution in [0.5, 0.6) is 5.75 Å². The number of nitrogens with zero attached hydrogens (tertiary/aromatic N) is 2. The Bertz CT molecular complexity index is 1300. The molecule has 0 radical (unpaired) electrons. The van der Waals surface area contributed by atoms with Crippen molar-refractivity contribution >= 4 is 16.9 Å². The lowest BCUT2D eigenvalue weighted by Gasteiger charge is -2.44. The molecule has 35 heavy (non-hydrogen) atoms. The molecule has 1 aromatic heterocycles. The lowest BCUT2D eigenvalue weighted by molar-refractivity contribution is -0.0686. The first-order valence-electron chi connectivity index (χ1n) is 11.9. The van der Waals surface area contributed by atoms with Gasteiger partial charge in [-0.25, -0.2) is 4.98 Å². The summed E-state index contributed by atoms with van der Waals surface area (Å²) < 4.78 is 5.37. The van der Waals surface area contributed by atoms with Gasteiger partial charge >= 0.3 is 0 Å².